The van der Waals surface area contributed by atoms with Crippen LogP contribution in [0.1, 0.15) is 33.6 Å². The molecule has 2 aliphatic rings. The molecule has 1 N–H and O–H groups in total. The molecular formula is C23H29N5O9. The first-order valence-electron chi connectivity index (χ1n) is 11.8. The number of benzene rings is 1. The zero-order valence-corrected chi connectivity index (χ0v) is 20.3. The fraction of sp³-hybridized carbons (Fsp3) is 0.565. The van der Waals surface area contributed by atoms with Crippen LogP contribution in [-0.4, -0.2) is 101 Å². The predicted molar refractivity (Wildman–Crippen MR) is 126 cm³/mol. The smallest absolute Gasteiger partial charge is 0.262 e. The number of azide groups is 1. The van der Waals surface area contributed by atoms with Crippen molar-refractivity contribution < 1.29 is 42.9 Å². The van der Waals surface area contributed by atoms with Crippen molar-refractivity contribution in [1.82, 2.24) is 10.2 Å². The second-order valence-corrected chi connectivity index (χ2v) is 7.91. The average Bonchev–Trinajstić information content (AvgIpc) is 3.13. The van der Waals surface area contributed by atoms with Crippen molar-refractivity contribution in [2.24, 2.45) is 5.11 Å². The highest BCUT2D eigenvalue weighted by molar-refractivity contribution is 6.23. The molecule has 37 heavy (non-hydrogen) atoms. The number of ether oxygens (including phenoxy) is 5. The van der Waals surface area contributed by atoms with Crippen molar-refractivity contribution in [3.05, 3.63) is 39.8 Å². The van der Waals surface area contributed by atoms with Crippen molar-refractivity contribution in [1.29, 1.82) is 0 Å². The van der Waals surface area contributed by atoms with E-state index in [0.29, 0.717) is 65.1 Å². The fourth-order valence-electron chi connectivity index (χ4n) is 3.67. The quantitative estimate of drug-likeness (QED) is 0.103. The average molecular weight is 520 g/mol. The summed E-state index contributed by atoms with van der Waals surface area (Å²) in [6.07, 6.45) is 0.165. The number of hydrogen-bond acceptors (Lipinski definition) is 10. The predicted octanol–water partition coefficient (Wildman–Crippen LogP) is 0.843. The minimum Gasteiger partial charge on any atom is -0.491 e. The normalized spacial score (nSPS) is 17.0. The van der Waals surface area contributed by atoms with E-state index < -0.39 is 29.7 Å². The lowest BCUT2D eigenvalue weighted by Gasteiger charge is -2.27. The maximum atomic E-state index is 12.8. The molecule has 1 unspecified atom stereocenters. The van der Waals surface area contributed by atoms with Crippen LogP contribution in [0.4, 0.5) is 0 Å². The molecule has 1 aromatic rings. The number of carbonyl (C=O) groups is 4. The number of nitrogens with one attached hydrogen (secondary N) is 1. The molecule has 0 bridgehead atoms. The van der Waals surface area contributed by atoms with Crippen molar-refractivity contribution in [3.8, 4) is 5.75 Å². The van der Waals surface area contributed by atoms with Gasteiger partial charge >= 0.3 is 0 Å². The molecule has 14 heteroatoms. The lowest BCUT2D eigenvalue weighted by Crippen LogP contribution is -2.54. The van der Waals surface area contributed by atoms with Crippen molar-refractivity contribution in [2.75, 3.05) is 66.0 Å². The van der Waals surface area contributed by atoms with E-state index in [0.717, 1.165) is 4.90 Å². The number of fused-ring (bicyclic) bond motifs is 1. The molecular weight excluding hydrogens is 490 g/mol. The number of rotatable bonds is 17. The van der Waals surface area contributed by atoms with E-state index in [1.807, 2.05) is 0 Å². The standard InChI is InChI=1S/C23H29N5O9/c24-27-25-5-6-33-7-8-34-9-10-35-11-12-36-13-14-37-16-1-2-17-18(15-16)23(32)28(22(17)31)19-3-4-20(29)26-21(19)30/h1-2,15,19H,3-14H2,(H,26,29,30). The molecule has 2 heterocycles. The van der Waals surface area contributed by atoms with Crippen LogP contribution < -0.4 is 10.1 Å². The SMILES string of the molecule is [N-]=[N+]=NCCOCCOCCOCCOCCOc1ccc2c(c1)C(=O)N(C1CCC(=O)NC1=O)C2=O. The van der Waals surface area contributed by atoms with Gasteiger partial charge in [-0.25, -0.2) is 0 Å². The van der Waals surface area contributed by atoms with E-state index >= 15 is 0 Å². The molecule has 3 rings (SSSR count). The van der Waals surface area contributed by atoms with Gasteiger partial charge in [0.25, 0.3) is 11.8 Å². The van der Waals surface area contributed by atoms with Gasteiger partial charge < -0.3 is 23.7 Å². The first-order valence-corrected chi connectivity index (χ1v) is 11.8. The Labute approximate surface area is 212 Å². The second-order valence-electron chi connectivity index (χ2n) is 7.91. The zero-order chi connectivity index (χ0) is 26.5. The van der Waals surface area contributed by atoms with Crippen LogP contribution in [-0.2, 0) is 28.5 Å². The summed E-state index contributed by atoms with van der Waals surface area (Å²) < 4.78 is 27.0. The molecule has 0 radical (unpaired) electrons. The highest BCUT2D eigenvalue weighted by atomic mass is 16.6. The van der Waals surface area contributed by atoms with Crippen molar-refractivity contribution in [3.63, 3.8) is 0 Å². The van der Waals surface area contributed by atoms with Gasteiger partial charge in [0.05, 0.1) is 64.0 Å². The Morgan fingerprint density at radius 2 is 1.46 bits per heavy atom. The first-order chi connectivity index (χ1) is 18.0. The third-order valence-corrected chi connectivity index (χ3v) is 5.42. The van der Waals surface area contributed by atoms with E-state index in [9.17, 15) is 19.2 Å². The Morgan fingerprint density at radius 3 is 2.08 bits per heavy atom. The van der Waals surface area contributed by atoms with Gasteiger partial charge in [-0.3, -0.25) is 29.4 Å². The Morgan fingerprint density at radius 1 is 0.865 bits per heavy atom. The number of piperidine rings is 1. The topological polar surface area (TPSA) is 178 Å². The van der Waals surface area contributed by atoms with Gasteiger partial charge in [0, 0.05) is 17.9 Å². The minimum atomic E-state index is -1.01. The Hall–Kier alpha value is -3.55. The summed E-state index contributed by atoms with van der Waals surface area (Å²) in [7, 11) is 0. The van der Waals surface area contributed by atoms with E-state index in [4.69, 9.17) is 29.2 Å². The van der Waals surface area contributed by atoms with Crippen molar-refractivity contribution >= 4 is 23.6 Å². The summed E-state index contributed by atoms with van der Waals surface area (Å²) in [6.45, 7) is 3.59. The Kier molecular flexibility index (Phi) is 11.3. The highest BCUT2D eigenvalue weighted by Gasteiger charge is 2.44. The lowest BCUT2D eigenvalue weighted by atomic mass is 10.0. The van der Waals surface area contributed by atoms with E-state index in [1.54, 1.807) is 6.07 Å². The summed E-state index contributed by atoms with van der Waals surface area (Å²) in [4.78, 5) is 52.6. The third kappa shape index (κ3) is 8.23. The third-order valence-electron chi connectivity index (χ3n) is 5.42. The summed E-state index contributed by atoms with van der Waals surface area (Å²) in [5, 5.41) is 5.52. The largest absolute Gasteiger partial charge is 0.491 e. The van der Waals surface area contributed by atoms with Crippen LogP contribution in [0.5, 0.6) is 5.75 Å². The van der Waals surface area contributed by atoms with Crippen LogP contribution >= 0.6 is 0 Å². The summed E-state index contributed by atoms with van der Waals surface area (Å²) in [6, 6.07) is 3.53. The minimum absolute atomic E-state index is 0.0642. The molecule has 1 fully saturated rings. The number of imide groups is 2. The van der Waals surface area contributed by atoms with Gasteiger partial charge in [-0.1, -0.05) is 5.11 Å². The molecule has 0 aromatic heterocycles. The van der Waals surface area contributed by atoms with E-state index in [-0.39, 0.29) is 30.6 Å². The molecule has 1 aromatic carbocycles. The maximum absolute atomic E-state index is 12.8. The monoisotopic (exact) mass is 519 g/mol. The number of amides is 4. The summed E-state index contributed by atoms with van der Waals surface area (Å²) >= 11 is 0. The fourth-order valence-corrected chi connectivity index (χ4v) is 3.67. The summed E-state index contributed by atoms with van der Waals surface area (Å²) in [5.41, 5.74) is 8.47. The summed E-state index contributed by atoms with van der Waals surface area (Å²) in [5.74, 6) is -1.83. The second kappa shape index (κ2) is 14.9. The molecule has 0 spiro atoms. The number of hydrogen-bond donors (Lipinski definition) is 1. The van der Waals surface area contributed by atoms with Crippen LogP contribution in [0.25, 0.3) is 10.4 Å². The molecule has 200 valence electrons. The Balaban J connectivity index is 1.26. The number of nitrogens with zero attached hydrogens (tertiary/aromatic N) is 4. The van der Waals surface area contributed by atoms with Gasteiger partial charge in [-0.15, -0.1) is 0 Å². The van der Waals surface area contributed by atoms with Crippen LogP contribution in [0.15, 0.2) is 23.3 Å². The zero-order valence-electron chi connectivity index (χ0n) is 20.3. The number of carbonyl (C=O) groups excluding carboxylic acids is 4. The molecule has 0 aliphatic carbocycles. The molecule has 2 aliphatic heterocycles. The molecule has 1 atom stereocenters. The Bertz CT molecular complexity index is 1030. The van der Waals surface area contributed by atoms with Gasteiger partial charge in [0.1, 0.15) is 18.4 Å². The van der Waals surface area contributed by atoms with Gasteiger partial charge in [-0.2, -0.15) is 0 Å². The molecule has 4 amide bonds. The first kappa shape index (κ1) is 28.0. The van der Waals surface area contributed by atoms with Crippen LogP contribution in [0.3, 0.4) is 0 Å². The molecule has 0 saturated carbocycles. The van der Waals surface area contributed by atoms with E-state index in [1.165, 1.54) is 12.1 Å². The highest BCUT2D eigenvalue weighted by Crippen LogP contribution is 2.30. The lowest BCUT2D eigenvalue weighted by molar-refractivity contribution is -0.136. The maximum Gasteiger partial charge on any atom is 0.262 e. The van der Waals surface area contributed by atoms with Crippen LogP contribution in [0, 0.1) is 0 Å². The van der Waals surface area contributed by atoms with Gasteiger partial charge in [0.2, 0.25) is 11.8 Å². The van der Waals surface area contributed by atoms with E-state index in [2.05, 4.69) is 15.3 Å². The van der Waals surface area contributed by atoms with Crippen molar-refractivity contribution in [2.45, 2.75) is 18.9 Å². The van der Waals surface area contributed by atoms with Crippen LogP contribution in [0.2, 0.25) is 0 Å². The van der Waals surface area contributed by atoms with Gasteiger partial charge in [0.15, 0.2) is 0 Å². The van der Waals surface area contributed by atoms with Gasteiger partial charge in [-0.05, 0) is 30.2 Å². The molecule has 14 nitrogen and oxygen atoms in total. The molecule has 1 saturated heterocycles.